The van der Waals surface area contributed by atoms with Gasteiger partial charge >= 0.3 is 0 Å². The lowest BCUT2D eigenvalue weighted by atomic mass is 10.2. The van der Waals surface area contributed by atoms with Crippen LogP contribution in [0.25, 0.3) is 0 Å². The Morgan fingerprint density at radius 1 is 1.55 bits per heavy atom. The molecule has 0 bridgehead atoms. The highest BCUT2D eigenvalue weighted by molar-refractivity contribution is 9.08. The van der Waals surface area contributed by atoms with Gasteiger partial charge in [0.15, 0.2) is 0 Å². The van der Waals surface area contributed by atoms with Crippen LogP contribution in [-0.2, 0) is 5.33 Å². The molecule has 0 spiro atoms. The van der Waals surface area contributed by atoms with Crippen LogP contribution in [0.3, 0.4) is 0 Å². The first kappa shape index (κ1) is 8.49. The van der Waals surface area contributed by atoms with E-state index >= 15 is 0 Å². The van der Waals surface area contributed by atoms with E-state index in [0.29, 0.717) is 5.33 Å². The van der Waals surface area contributed by atoms with Crippen LogP contribution in [0.1, 0.15) is 5.56 Å². The number of hydrogen-bond donors (Lipinski definition) is 2. The van der Waals surface area contributed by atoms with Gasteiger partial charge in [-0.15, -0.1) is 0 Å². The SMILES string of the molecule is ONc1cc(CBr)ccc1F. The summed E-state index contributed by atoms with van der Waals surface area (Å²) in [7, 11) is 0. The molecule has 1 aromatic rings. The number of rotatable bonds is 2. The number of halogens is 2. The summed E-state index contributed by atoms with van der Waals surface area (Å²) in [6.07, 6.45) is 0. The van der Waals surface area contributed by atoms with Gasteiger partial charge in [0.1, 0.15) is 5.82 Å². The Hall–Kier alpha value is -0.610. The molecule has 0 atom stereocenters. The minimum absolute atomic E-state index is 0.0990. The first-order chi connectivity index (χ1) is 5.27. The lowest BCUT2D eigenvalue weighted by Crippen LogP contribution is -1.93. The van der Waals surface area contributed by atoms with Gasteiger partial charge in [0.2, 0.25) is 0 Å². The Balaban J connectivity index is 3.02. The molecule has 0 aliphatic heterocycles. The zero-order chi connectivity index (χ0) is 8.27. The third kappa shape index (κ3) is 1.91. The first-order valence-electron chi connectivity index (χ1n) is 3.02. The van der Waals surface area contributed by atoms with Gasteiger partial charge in [-0.3, -0.25) is 10.7 Å². The van der Waals surface area contributed by atoms with Crippen molar-refractivity contribution in [3.8, 4) is 0 Å². The minimum Gasteiger partial charge on any atom is -0.291 e. The molecule has 0 heterocycles. The quantitative estimate of drug-likeness (QED) is 0.592. The molecular weight excluding hydrogens is 213 g/mol. The predicted molar refractivity (Wildman–Crippen MR) is 44.4 cm³/mol. The predicted octanol–water partition coefficient (Wildman–Crippen LogP) is 2.52. The van der Waals surface area contributed by atoms with Gasteiger partial charge in [0.25, 0.3) is 0 Å². The van der Waals surface area contributed by atoms with Gasteiger partial charge in [-0.25, -0.2) is 4.39 Å². The van der Waals surface area contributed by atoms with E-state index in [0.717, 1.165) is 5.56 Å². The maximum absolute atomic E-state index is 12.7. The molecule has 60 valence electrons. The fraction of sp³-hybridized carbons (Fsp3) is 0.143. The second-order valence-electron chi connectivity index (χ2n) is 2.06. The number of benzene rings is 1. The van der Waals surface area contributed by atoms with Gasteiger partial charge in [0, 0.05) is 5.33 Å². The molecule has 1 rings (SSSR count). The average molecular weight is 220 g/mol. The highest BCUT2D eigenvalue weighted by atomic mass is 79.9. The number of nitrogens with one attached hydrogen (secondary N) is 1. The van der Waals surface area contributed by atoms with E-state index in [4.69, 9.17) is 5.21 Å². The van der Waals surface area contributed by atoms with Crippen molar-refractivity contribution in [2.45, 2.75) is 5.33 Å². The van der Waals surface area contributed by atoms with E-state index in [-0.39, 0.29) is 5.69 Å². The van der Waals surface area contributed by atoms with Crippen molar-refractivity contribution in [1.29, 1.82) is 0 Å². The molecule has 4 heteroatoms. The second kappa shape index (κ2) is 3.69. The minimum atomic E-state index is -0.461. The molecule has 0 unspecified atom stereocenters. The van der Waals surface area contributed by atoms with Gasteiger partial charge < -0.3 is 0 Å². The Kier molecular flexibility index (Phi) is 2.84. The molecule has 0 aliphatic rings. The monoisotopic (exact) mass is 219 g/mol. The van der Waals surface area contributed by atoms with Gasteiger partial charge in [-0.2, -0.15) is 0 Å². The molecule has 0 fully saturated rings. The summed E-state index contributed by atoms with van der Waals surface area (Å²) >= 11 is 3.21. The standard InChI is InChI=1S/C7H7BrFNO/c8-4-5-1-2-6(9)7(3-5)10-11/h1-3,10-11H,4H2. The zero-order valence-corrected chi connectivity index (χ0v) is 7.23. The summed E-state index contributed by atoms with van der Waals surface area (Å²) in [6, 6.07) is 4.48. The Morgan fingerprint density at radius 3 is 2.82 bits per heavy atom. The first-order valence-corrected chi connectivity index (χ1v) is 4.14. The van der Waals surface area contributed by atoms with Crippen LogP contribution >= 0.6 is 15.9 Å². The van der Waals surface area contributed by atoms with Crippen molar-refractivity contribution in [2.75, 3.05) is 5.48 Å². The molecule has 1 aromatic carbocycles. The maximum Gasteiger partial charge on any atom is 0.148 e. The number of alkyl halides is 1. The van der Waals surface area contributed by atoms with Crippen molar-refractivity contribution in [3.05, 3.63) is 29.6 Å². The van der Waals surface area contributed by atoms with Crippen LogP contribution in [0.4, 0.5) is 10.1 Å². The second-order valence-corrected chi connectivity index (χ2v) is 2.62. The normalized spacial score (nSPS) is 9.73. The third-order valence-corrected chi connectivity index (χ3v) is 1.95. The lowest BCUT2D eigenvalue weighted by Gasteiger charge is -2.01. The molecule has 0 aromatic heterocycles. The van der Waals surface area contributed by atoms with Gasteiger partial charge in [-0.05, 0) is 17.7 Å². The summed E-state index contributed by atoms with van der Waals surface area (Å²) in [6.45, 7) is 0. The smallest absolute Gasteiger partial charge is 0.148 e. The fourth-order valence-electron chi connectivity index (χ4n) is 0.741. The molecule has 2 N–H and O–H groups in total. The van der Waals surface area contributed by atoms with Crippen molar-refractivity contribution in [3.63, 3.8) is 0 Å². The van der Waals surface area contributed by atoms with Crippen molar-refractivity contribution >= 4 is 21.6 Å². The van der Waals surface area contributed by atoms with E-state index in [2.05, 4.69) is 15.9 Å². The van der Waals surface area contributed by atoms with E-state index in [1.807, 2.05) is 0 Å². The number of anilines is 1. The highest BCUT2D eigenvalue weighted by Crippen LogP contribution is 2.16. The van der Waals surface area contributed by atoms with E-state index in [1.165, 1.54) is 12.1 Å². The van der Waals surface area contributed by atoms with Crippen LogP contribution in [-0.4, -0.2) is 5.21 Å². The largest absolute Gasteiger partial charge is 0.291 e. The van der Waals surface area contributed by atoms with Crippen LogP contribution in [0, 0.1) is 5.82 Å². The maximum atomic E-state index is 12.7. The fourth-order valence-corrected chi connectivity index (χ4v) is 1.09. The molecular formula is C7H7BrFNO. The Labute approximate surface area is 72.1 Å². The van der Waals surface area contributed by atoms with E-state index in [1.54, 1.807) is 11.5 Å². The molecule has 0 amide bonds. The topological polar surface area (TPSA) is 32.3 Å². The van der Waals surface area contributed by atoms with Crippen molar-refractivity contribution in [1.82, 2.24) is 0 Å². The molecule has 11 heavy (non-hydrogen) atoms. The van der Waals surface area contributed by atoms with Crippen LogP contribution in [0.5, 0.6) is 0 Å². The molecule has 0 radical (unpaired) electrons. The summed E-state index contributed by atoms with van der Waals surface area (Å²) in [5.41, 5.74) is 2.78. The summed E-state index contributed by atoms with van der Waals surface area (Å²) in [5, 5.41) is 9.07. The lowest BCUT2D eigenvalue weighted by molar-refractivity contribution is 0.384. The van der Waals surface area contributed by atoms with Crippen LogP contribution in [0.2, 0.25) is 0 Å². The molecule has 0 aliphatic carbocycles. The third-order valence-electron chi connectivity index (χ3n) is 1.31. The van der Waals surface area contributed by atoms with Crippen LogP contribution < -0.4 is 5.48 Å². The van der Waals surface area contributed by atoms with Crippen LogP contribution in [0.15, 0.2) is 18.2 Å². The van der Waals surface area contributed by atoms with E-state index < -0.39 is 5.82 Å². The van der Waals surface area contributed by atoms with Crippen molar-refractivity contribution < 1.29 is 9.60 Å². The summed E-state index contributed by atoms with van der Waals surface area (Å²) in [5.74, 6) is -0.461. The Bertz CT molecular complexity index is 254. The van der Waals surface area contributed by atoms with Crippen molar-refractivity contribution in [2.24, 2.45) is 0 Å². The molecule has 2 nitrogen and oxygen atoms in total. The van der Waals surface area contributed by atoms with Gasteiger partial charge in [-0.1, -0.05) is 22.0 Å². The van der Waals surface area contributed by atoms with Gasteiger partial charge in [0.05, 0.1) is 5.69 Å². The summed E-state index contributed by atoms with van der Waals surface area (Å²) in [4.78, 5) is 0. The zero-order valence-electron chi connectivity index (χ0n) is 5.64. The highest BCUT2D eigenvalue weighted by Gasteiger charge is 2.00. The number of hydrogen-bond acceptors (Lipinski definition) is 2. The Morgan fingerprint density at radius 2 is 2.27 bits per heavy atom. The summed E-state index contributed by atoms with van der Waals surface area (Å²) < 4.78 is 12.7. The average Bonchev–Trinajstić information content (AvgIpc) is 2.05. The molecule has 0 saturated heterocycles. The molecule has 0 saturated carbocycles. The van der Waals surface area contributed by atoms with E-state index in [9.17, 15) is 4.39 Å².